The molecule has 0 spiro atoms. The third-order valence-electron chi connectivity index (χ3n) is 1.49. The second kappa shape index (κ2) is 4.01. The molecule has 1 aromatic carbocycles. The Morgan fingerprint density at radius 2 is 1.86 bits per heavy atom. The third kappa shape index (κ3) is 2.98. The van der Waals surface area contributed by atoms with Gasteiger partial charge in [-0.1, -0.05) is 24.1 Å². The largest absolute Gasteiger partial charge is 0.314 e. The Morgan fingerprint density at radius 3 is 2.36 bits per heavy atom. The maximum atomic E-state index is 12.4. The monoisotopic (exact) mass is 194 g/mol. The van der Waals surface area contributed by atoms with E-state index in [9.17, 15) is 13.6 Å². The first-order chi connectivity index (χ1) is 6.50. The zero-order valence-corrected chi connectivity index (χ0v) is 7.55. The summed E-state index contributed by atoms with van der Waals surface area (Å²) in [5.41, 5.74) is 0.546. The summed E-state index contributed by atoms with van der Waals surface area (Å²) in [6.07, 6.45) is 0. The molecule has 0 radical (unpaired) electrons. The van der Waals surface area contributed by atoms with Crippen molar-refractivity contribution in [2.24, 2.45) is 0 Å². The lowest BCUT2D eigenvalue weighted by molar-refractivity contribution is -0.134. The number of alkyl halides is 2. The van der Waals surface area contributed by atoms with E-state index in [4.69, 9.17) is 0 Å². The molecule has 0 aliphatic heterocycles. The van der Waals surface area contributed by atoms with E-state index in [-0.39, 0.29) is 0 Å². The molecule has 0 bridgehead atoms. The number of hydrogen-bond acceptors (Lipinski definition) is 1. The fraction of sp³-hybridized carbons (Fsp3) is 0.182. The van der Waals surface area contributed by atoms with E-state index in [1.54, 1.807) is 30.3 Å². The minimum atomic E-state index is -3.37. The Bertz CT molecular complexity index is 379. The van der Waals surface area contributed by atoms with Crippen molar-refractivity contribution < 1.29 is 13.6 Å². The van der Waals surface area contributed by atoms with Crippen molar-refractivity contribution in [1.29, 1.82) is 0 Å². The van der Waals surface area contributed by atoms with E-state index in [1.807, 2.05) is 5.92 Å². The maximum absolute atomic E-state index is 12.4. The molecule has 14 heavy (non-hydrogen) atoms. The standard InChI is InChI=1S/C11H8F2O/c1-11(12,13)10(14)8-7-9-5-3-2-4-6-9/h2-6H,1H3. The van der Waals surface area contributed by atoms with Gasteiger partial charge in [-0.05, 0) is 18.1 Å². The zero-order valence-electron chi connectivity index (χ0n) is 7.55. The normalized spacial score (nSPS) is 10.2. The topological polar surface area (TPSA) is 17.1 Å². The third-order valence-corrected chi connectivity index (χ3v) is 1.49. The van der Waals surface area contributed by atoms with Gasteiger partial charge in [0, 0.05) is 12.5 Å². The predicted molar refractivity (Wildman–Crippen MR) is 48.9 cm³/mol. The van der Waals surface area contributed by atoms with Gasteiger partial charge in [0.1, 0.15) is 0 Å². The van der Waals surface area contributed by atoms with E-state index in [1.165, 1.54) is 0 Å². The van der Waals surface area contributed by atoms with Gasteiger partial charge >= 0.3 is 5.92 Å². The second-order valence-corrected chi connectivity index (χ2v) is 2.83. The Balaban J connectivity index is 2.80. The van der Waals surface area contributed by atoms with Gasteiger partial charge in [-0.3, -0.25) is 4.79 Å². The molecule has 0 aliphatic rings. The summed E-state index contributed by atoms with van der Waals surface area (Å²) in [7, 11) is 0. The van der Waals surface area contributed by atoms with Gasteiger partial charge in [0.2, 0.25) is 0 Å². The molecule has 0 fully saturated rings. The van der Waals surface area contributed by atoms with Crippen LogP contribution < -0.4 is 0 Å². The van der Waals surface area contributed by atoms with Crippen LogP contribution >= 0.6 is 0 Å². The molecule has 0 amide bonds. The molecule has 1 rings (SSSR count). The van der Waals surface area contributed by atoms with Gasteiger partial charge in [0.15, 0.2) is 0 Å². The Morgan fingerprint density at radius 1 is 1.29 bits per heavy atom. The summed E-state index contributed by atoms with van der Waals surface area (Å²) in [6, 6.07) is 8.51. The van der Waals surface area contributed by atoms with E-state index in [0.29, 0.717) is 12.5 Å². The lowest BCUT2D eigenvalue weighted by Gasteiger charge is -2.00. The SMILES string of the molecule is CC(F)(F)C(=O)C#Cc1ccccc1. The van der Waals surface area contributed by atoms with Crippen LogP contribution in [0.25, 0.3) is 0 Å². The summed E-state index contributed by atoms with van der Waals surface area (Å²) in [5, 5.41) is 0. The highest BCUT2D eigenvalue weighted by Crippen LogP contribution is 2.11. The Hall–Kier alpha value is -1.69. The molecular weight excluding hydrogens is 186 g/mol. The fourth-order valence-electron chi connectivity index (χ4n) is 0.760. The summed E-state index contributed by atoms with van der Waals surface area (Å²) in [5.74, 6) is -0.462. The smallest absolute Gasteiger partial charge is 0.278 e. The van der Waals surface area contributed by atoms with Crippen molar-refractivity contribution in [2.75, 3.05) is 0 Å². The van der Waals surface area contributed by atoms with E-state index < -0.39 is 11.7 Å². The van der Waals surface area contributed by atoms with Crippen molar-refractivity contribution >= 4 is 5.78 Å². The summed E-state index contributed by atoms with van der Waals surface area (Å²) in [4.78, 5) is 10.7. The lowest BCUT2D eigenvalue weighted by atomic mass is 10.2. The quantitative estimate of drug-likeness (QED) is 0.627. The number of halogens is 2. The van der Waals surface area contributed by atoms with Gasteiger partial charge in [-0.15, -0.1) is 0 Å². The van der Waals surface area contributed by atoms with Gasteiger partial charge < -0.3 is 0 Å². The van der Waals surface area contributed by atoms with Crippen LogP contribution in [-0.2, 0) is 4.79 Å². The first-order valence-electron chi connectivity index (χ1n) is 3.99. The highest BCUT2D eigenvalue weighted by atomic mass is 19.3. The number of benzene rings is 1. The fourth-order valence-corrected chi connectivity index (χ4v) is 0.760. The number of carbonyl (C=O) groups excluding carboxylic acids is 1. The average Bonchev–Trinajstić information content (AvgIpc) is 2.14. The van der Waals surface area contributed by atoms with E-state index >= 15 is 0 Å². The average molecular weight is 194 g/mol. The number of rotatable bonds is 1. The van der Waals surface area contributed by atoms with E-state index in [0.717, 1.165) is 0 Å². The van der Waals surface area contributed by atoms with Gasteiger partial charge in [-0.2, -0.15) is 8.78 Å². The molecule has 0 aromatic heterocycles. The Labute approximate surface area is 80.7 Å². The number of hydrogen-bond donors (Lipinski definition) is 0. The first kappa shape index (κ1) is 10.4. The highest BCUT2D eigenvalue weighted by Gasteiger charge is 2.30. The minimum absolute atomic E-state index is 0.537. The Kier molecular flexibility index (Phi) is 2.98. The summed E-state index contributed by atoms with van der Waals surface area (Å²) >= 11 is 0. The van der Waals surface area contributed by atoms with Crippen molar-refractivity contribution in [3.05, 3.63) is 35.9 Å². The molecule has 0 saturated carbocycles. The van der Waals surface area contributed by atoms with Crippen LogP contribution in [0.4, 0.5) is 8.78 Å². The number of ketones is 1. The molecule has 0 aliphatic carbocycles. The maximum Gasteiger partial charge on any atom is 0.314 e. The molecule has 3 heteroatoms. The molecule has 1 aromatic rings. The minimum Gasteiger partial charge on any atom is -0.278 e. The first-order valence-corrected chi connectivity index (χ1v) is 3.99. The van der Waals surface area contributed by atoms with Crippen LogP contribution in [0, 0.1) is 11.8 Å². The van der Waals surface area contributed by atoms with E-state index in [2.05, 4.69) is 5.92 Å². The van der Waals surface area contributed by atoms with Crippen molar-refractivity contribution in [1.82, 2.24) is 0 Å². The molecule has 72 valence electrons. The predicted octanol–water partition coefficient (Wildman–Crippen LogP) is 2.26. The summed E-state index contributed by atoms with van der Waals surface area (Å²) < 4.78 is 24.7. The van der Waals surface area contributed by atoms with Crippen LogP contribution in [0.1, 0.15) is 12.5 Å². The second-order valence-electron chi connectivity index (χ2n) is 2.83. The molecule has 1 nitrogen and oxygen atoms in total. The zero-order chi connectivity index (χ0) is 10.6. The molecule has 0 atom stereocenters. The molecule has 0 saturated heterocycles. The molecule has 0 N–H and O–H groups in total. The van der Waals surface area contributed by atoms with Crippen LogP contribution in [0.2, 0.25) is 0 Å². The summed E-state index contributed by atoms with van der Waals surface area (Å²) in [6.45, 7) is 0.537. The molecule has 0 unspecified atom stereocenters. The lowest BCUT2D eigenvalue weighted by Crippen LogP contribution is -2.22. The van der Waals surface area contributed by atoms with Crippen LogP contribution in [0.15, 0.2) is 30.3 Å². The van der Waals surface area contributed by atoms with Crippen molar-refractivity contribution in [3.8, 4) is 11.8 Å². The van der Waals surface area contributed by atoms with Crippen molar-refractivity contribution in [2.45, 2.75) is 12.8 Å². The van der Waals surface area contributed by atoms with Gasteiger partial charge in [0.05, 0.1) is 0 Å². The van der Waals surface area contributed by atoms with Gasteiger partial charge in [-0.25, -0.2) is 0 Å². The molecular formula is C11H8F2O. The number of carbonyl (C=O) groups is 1. The van der Waals surface area contributed by atoms with Crippen LogP contribution in [0.3, 0.4) is 0 Å². The van der Waals surface area contributed by atoms with Crippen LogP contribution in [0.5, 0.6) is 0 Å². The highest BCUT2D eigenvalue weighted by molar-refractivity contribution is 6.01. The van der Waals surface area contributed by atoms with Crippen molar-refractivity contribution in [3.63, 3.8) is 0 Å². The number of Topliss-reactive ketones (excluding diaryl/α,β-unsaturated/α-hetero) is 1. The molecule has 0 heterocycles. The van der Waals surface area contributed by atoms with Gasteiger partial charge in [0.25, 0.3) is 5.78 Å². The van der Waals surface area contributed by atoms with Crippen LogP contribution in [-0.4, -0.2) is 11.7 Å².